The number of aryl methyl sites for hydroxylation is 2. The Hall–Kier alpha value is -1.52. The maximum atomic E-state index is 5.90. The van der Waals surface area contributed by atoms with Crippen LogP contribution in [0.5, 0.6) is 5.75 Å². The van der Waals surface area contributed by atoms with Gasteiger partial charge in [0.05, 0.1) is 18.7 Å². The highest BCUT2D eigenvalue weighted by Gasteiger charge is 2.19. The van der Waals surface area contributed by atoms with Crippen LogP contribution in [0.25, 0.3) is 10.9 Å². The number of benzene rings is 1. The largest absolute Gasteiger partial charge is 0.495 e. The summed E-state index contributed by atoms with van der Waals surface area (Å²) in [5.74, 6) is 0.982. The molecule has 2 aromatic rings. The molecule has 0 saturated carbocycles. The zero-order valence-electron chi connectivity index (χ0n) is 16.7. The Kier molecular flexibility index (Phi) is 6.98. The summed E-state index contributed by atoms with van der Waals surface area (Å²) in [6.45, 7) is 9.87. The number of methoxy groups -OCH3 is 1. The number of fused-ring (bicyclic) bond motifs is 1. The van der Waals surface area contributed by atoms with Crippen LogP contribution in [0.3, 0.4) is 0 Å². The van der Waals surface area contributed by atoms with Gasteiger partial charge in [-0.15, -0.1) is 0 Å². The van der Waals surface area contributed by atoms with Gasteiger partial charge in [-0.1, -0.05) is 26.0 Å². The van der Waals surface area contributed by atoms with Crippen molar-refractivity contribution in [2.75, 3.05) is 33.4 Å². The second-order valence-corrected chi connectivity index (χ2v) is 7.32. The van der Waals surface area contributed by atoms with Crippen LogP contribution in [0.4, 0.5) is 0 Å². The van der Waals surface area contributed by atoms with Gasteiger partial charge in [0.25, 0.3) is 0 Å². The molecule has 1 aromatic carbocycles. The smallest absolute Gasteiger partial charge is 0.143 e. The molecule has 0 atom stereocenters. The van der Waals surface area contributed by atoms with E-state index in [9.17, 15) is 0 Å². The second kappa shape index (κ2) is 9.43. The van der Waals surface area contributed by atoms with Gasteiger partial charge in [-0.25, -0.2) is 0 Å². The van der Waals surface area contributed by atoms with E-state index in [4.69, 9.17) is 9.47 Å². The van der Waals surface area contributed by atoms with Crippen molar-refractivity contribution in [1.29, 1.82) is 0 Å². The zero-order valence-corrected chi connectivity index (χ0v) is 16.7. The fourth-order valence-corrected chi connectivity index (χ4v) is 4.07. The number of aromatic nitrogens is 1. The minimum Gasteiger partial charge on any atom is -0.495 e. The van der Waals surface area contributed by atoms with Crippen LogP contribution in [0.15, 0.2) is 24.4 Å². The molecule has 1 fully saturated rings. The minimum atomic E-state index is 0.482. The number of piperidine rings is 1. The van der Waals surface area contributed by atoms with Crippen molar-refractivity contribution in [3.05, 3.63) is 30.0 Å². The molecule has 144 valence electrons. The lowest BCUT2D eigenvalue weighted by molar-refractivity contribution is 0.00758. The molecule has 0 amide bonds. The van der Waals surface area contributed by atoms with Crippen LogP contribution >= 0.6 is 0 Å². The first kappa shape index (κ1) is 19.2. The summed E-state index contributed by atoms with van der Waals surface area (Å²) in [5, 5.41) is 1.33. The molecule has 2 heterocycles. The predicted molar refractivity (Wildman–Crippen MR) is 108 cm³/mol. The molecule has 4 nitrogen and oxygen atoms in total. The van der Waals surface area contributed by atoms with Gasteiger partial charge >= 0.3 is 0 Å². The highest BCUT2D eigenvalue weighted by atomic mass is 16.5. The summed E-state index contributed by atoms with van der Waals surface area (Å²) >= 11 is 0. The average Bonchev–Trinajstić information content (AvgIpc) is 3.05. The highest BCUT2D eigenvalue weighted by molar-refractivity contribution is 5.89. The Bertz CT molecular complexity index is 687. The molecule has 0 spiro atoms. The van der Waals surface area contributed by atoms with E-state index in [1.807, 2.05) is 0 Å². The Morgan fingerprint density at radius 2 is 1.92 bits per heavy atom. The normalized spacial score (nSPS) is 16.4. The topological polar surface area (TPSA) is 26.6 Å². The first-order valence-corrected chi connectivity index (χ1v) is 10.3. The monoisotopic (exact) mass is 358 g/mol. The summed E-state index contributed by atoms with van der Waals surface area (Å²) in [6.07, 6.45) is 8.51. The number of rotatable bonds is 9. The molecule has 1 aliphatic rings. The average molecular weight is 359 g/mol. The molecule has 0 radical (unpaired) electrons. The molecule has 0 bridgehead atoms. The fourth-order valence-electron chi connectivity index (χ4n) is 4.07. The van der Waals surface area contributed by atoms with Crippen molar-refractivity contribution in [2.45, 2.75) is 58.6 Å². The van der Waals surface area contributed by atoms with E-state index in [-0.39, 0.29) is 0 Å². The molecule has 0 N–H and O–H groups in total. The van der Waals surface area contributed by atoms with E-state index in [1.165, 1.54) is 48.8 Å². The number of hydrogen-bond donors (Lipinski definition) is 0. The standard InChI is InChI=1S/C22H34N2O2/c1-4-16-26-19-10-14-23(15-11-19)12-7-13-24-17-18(5-2)20-8-6-9-21(25-3)22(20)24/h6,8-9,17,19H,4-5,7,10-16H2,1-3H3. The Labute approximate surface area is 158 Å². The minimum absolute atomic E-state index is 0.482. The maximum Gasteiger partial charge on any atom is 0.143 e. The van der Waals surface area contributed by atoms with Gasteiger partial charge in [0.2, 0.25) is 0 Å². The van der Waals surface area contributed by atoms with Crippen molar-refractivity contribution in [1.82, 2.24) is 9.47 Å². The molecule has 4 heteroatoms. The van der Waals surface area contributed by atoms with Crippen molar-refractivity contribution in [3.63, 3.8) is 0 Å². The molecular weight excluding hydrogens is 324 g/mol. The van der Waals surface area contributed by atoms with Gasteiger partial charge in [-0.05, 0) is 50.3 Å². The van der Waals surface area contributed by atoms with E-state index in [2.05, 4.69) is 47.7 Å². The maximum absolute atomic E-state index is 5.90. The molecule has 26 heavy (non-hydrogen) atoms. The summed E-state index contributed by atoms with van der Waals surface area (Å²) in [4.78, 5) is 2.59. The van der Waals surface area contributed by atoms with Crippen LogP contribution < -0.4 is 4.74 Å². The summed E-state index contributed by atoms with van der Waals surface area (Å²) in [7, 11) is 1.77. The van der Waals surface area contributed by atoms with Gasteiger partial charge in [0.1, 0.15) is 5.75 Å². The third kappa shape index (κ3) is 4.41. The SMILES string of the molecule is CCCOC1CCN(CCCn2cc(CC)c3cccc(OC)c32)CC1. The third-order valence-corrected chi connectivity index (χ3v) is 5.51. The first-order valence-electron chi connectivity index (χ1n) is 10.3. The first-order chi connectivity index (χ1) is 12.8. The highest BCUT2D eigenvalue weighted by Crippen LogP contribution is 2.30. The summed E-state index contributed by atoms with van der Waals surface area (Å²) in [5.41, 5.74) is 2.66. The van der Waals surface area contributed by atoms with E-state index in [0.717, 1.165) is 38.3 Å². The van der Waals surface area contributed by atoms with Crippen LogP contribution in [0.1, 0.15) is 45.1 Å². The molecule has 0 unspecified atom stereocenters. The number of para-hydroxylation sites is 1. The van der Waals surface area contributed by atoms with Crippen molar-refractivity contribution >= 4 is 10.9 Å². The Morgan fingerprint density at radius 1 is 1.12 bits per heavy atom. The third-order valence-electron chi connectivity index (χ3n) is 5.51. The molecular formula is C22H34N2O2. The molecule has 1 saturated heterocycles. The molecule has 0 aliphatic carbocycles. The zero-order chi connectivity index (χ0) is 18.4. The van der Waals surface area contributed by atoms with Crippen LogP contribution in [0, 0.1) is 0 Å². The van der Waals surface area contributed by atoms with E-state index in [0.29, 0.717) is 6.10 Å². The van der Waals surface area contributed by atoms with E-state index < -0.39 is 0 Å². The predicted octanol–water partition coefficient (Wildman–Crippen LogP) is 4.49. The van der Waals surface area contributed by atoms with Gasteiger partial charge in [0, 0.05) is 37.8 Å². The fraction of sp³-hybridized carbons (Fsp3) is 0.636. The van der Waals surface area contributed by atoms with Gasteiger partial charge in [-0.2, -0.15) is 0 Å². The quantitative estimate of drug-likeness (QED) is 0.660. The van der Waals surface area contributed by atoms with Crippen molar-refractivity contribution < 1.29 is 9.47 Å². The number of likely N-dealkylation sites (tertiary alicyclic amines) is 1. The van der Waals surface area contributed by atoms with Crippen molar-refractivity contribution in [3.8, 4) is 5.75 Å². The van der Waals surface area contributed by atoms with Crippen molar-refractivity contribution in [2.24, 2.45) is 0 Å². The lowest BCUT2D eigenvalue weighted by Gasteiger charge is -2.31. The molecule has 1 aromatic heterocycles. The molecule has 3 rings (SSSR count). The Balaban J connectivity index is 1.56. The van der Waals surface area contributed by atoms with Gasteiger partial charge in [0.15, 0.2) is 0 Å². The van der Waals surface area contributed by atoms with Crippen LogP contribution in [0.2, 0.25) is 0 Å². The van der Waals surface area contributed by atoms with Gasteiger partial charge < -0.3 is 18.9 Å². The second-order valence-electron chi connectivity index (χ2n) is 7.32. The summed E-state index contributed by atoms with van der Waals surface area (Å²) < 4.78 is 13.9. The lowest BCUT2D eigenvalue weighted by atomic mass is 10.1. The van der Waals surface area contributed by atoms with E-state index in [1.54, 1.807) is 7.11 Å². The van der Waals surface area contributed by atoms with Crippen LogP contribution in [-0.4, -0.2) is 48.9 Å². The number of nitrogens with zero attached hydrogens (tertiary/aromatic N) is 2. The van der Waals surface area contributed by atoms with Crippen LogP contribution in [-0.2, 0) is 17.7 Å². The Morgan fingerprint density at radius 3 is 2.62 bits per heavy atom. The lowest BCUT2D eigenvalue weighted by Crippen LogP contribution is -2.37. The number of hydrogen-bond acceptors (Lipinski definition) is 3. The van der Waals surface area contributed by atoms with Gasteiger partial charge in [-0.3, -0.25) is 0 Å². The number of ether oxygens (including phenoxy) is 2. The van der Waals surface area contributed by atoms with E-state index >= 15 is 0 Å². The summed E-state index contributed by atoms with van der Waals surface area (Å²) in [6, 6.07) is 6.38. The molecule has 1 aliphatic heterocycles.